The Kier molecular flexibility index (Phi) is 5.42. The third kappa shape index (κ3) is 3.87. The summed E-state index contributed by atoms with van der Waals surface area (Å²) in [7, 11) is 1.67. The van der Waals surface area contributed by atoms with E-state index in [0.29, 0.717) is 27.5 Å². The summed E-state index contributed by atoms with van der Waals surface area (Å²) in [6.07, 6.45) is 0. The van der Waals surface area contributed by atoms with Gasteiger partial charge in [0.1, 0.15) is 11.6 Å². The molecule has 0 radical (unpaired) electrons. The monoisotopic (exact) mass is 400 g/mol. The van der Waals surface area contributed by atoms with E-state index in [1.54, 1.807) is 70.3 Å². The first-order chi connectivity index (χ1) is 13.2. The molecule has 3 aromatic rings. The van der Waals surface area contributed by atoms with Crippen LogP contribution in [0.4, 0.5) is 0 Å². The Hall–Kier alpha value is -2.86. The van der Waals surface area contributed by atoms with Gasteiger partial charge >= 0.3 is 5.97 Å². The number of ether oxygens (including phenoxy) is 2. The van der Waals surface area contributed by atoms with Crippen molar-refractivity contribution in [2.75, 3.05) is 6.61 Å². The molecule has 0 spiro atoms. The molecule has 0 amide bonds. The van der Waals surface area contributed by atoms with Crippen LogP contribution < -0.4 is 10.3 Å². The lowest BCUT2D eigenvalue weighted by Crippen LogP contribution is -2.39. The van der Waals surface area contributed by atoms with E-state index < -0.39 is 11.6 Å². The smallest absolute Gasteiger partial charge is 0.349 e. The molecule has 0 N–H and O–H groups in total. The maximum atomic E-state index is 12.6. The fourth-order valence-electron chi connectivity index (χ4n) is 2.82. The summed E-state index contributed by atoms with van der Waals surface area (Å²) in [5.74, 6) is 0.584. The van der Waals surface area contributed by atoms with Gasteiger partial charge in [0, 0.05) is 17.6 Å². The Balaban J connectivity index is 1.95. The number of halogens is 1. The number of hydrogen-bond acceptors (Lipinski definition) is 5. The Morgan fingerprint density at radius 2 is 1.86 bits per heavy atom. The highest BCUT2D eigenvalue weighted by atomic mass is 35.5. The first kappa shape index (κ1) is 19.9. The van der Waals surface area contributed by atoms with Crippen LogP contribution in [0.3, 0.4) is 0 Å². The first-order valence-electron chi connectivity index (χ1n) is 8.86. The largest absolute Gasteiger partial charge is 0.476 e. The van der Waals surface area contributed by atoms with Gasteiger partial charge in [-0.15, -0.1) is 0 Å². The number of esters is 1. The average molecular weight is 401 g/mol. The molecule has 0 aliphatic heterocycles. The second-order valence-electron chi connectivity index (χ2n) is 6.82. The van der Waals surface area contributed by atoms with Gasteiger partial charge in [-0.25, -0.2) is 9.78 Å². The van der Waals surface area contributed by atoms with Crippen LogP contribution >= 0.6 is 11.6 Å². The lowest BCUT2D eigenvalue weighted by Gasteiger charge is -2.24. The molecule has 0 atom stereocenters. The molecule has 0 aliphatic carbocycles. The molecule has 28 heavy (non-hydrogen) atoms. The van der Waals surface area contributed by atoms with Crippen LogP contribution in [0.2, 0.25) is 5.02 Å². The van der Waals surface area contributed by atoms with Crippen LogP contribution in [0.5, 0.6) is 5.75 Å². The zero-order valence-corrected chi connectivity index (χ0v) is 16.9. The van der Waals surface area contributed by atoms with Crippen LogP contribution in [-0.4, -0.2) is 27.7 Å². The molecule has 1 heterocycles. The van der Waals surface area contributed by atoms with Crippen molar-refractivity contribution in [3.05, 3.63) is 57.8 Å². The van der Waals surface area contributed by atoms with Crippen LogP contribution in [0.25, 0.3) is 22.3 Å². The molecule has 1 aromatic heterocycles. The predicted molar refractivity (Wildman–Crippen MR) is 109 cm³/mol. The van der Waals surface area contributed by atoms with Crippen molar-refractivity contribution in [1.29, 1.82) is 0 Å². The first-order valence-corrected chi connectivity index (χ1v) is 9.23. The normalized spacial score (nSPS) is 11.5. The van der Waals surface area contributed by atoms with Crippen LogP contribution in [0.1, 0.15) is 20.8 Å². The van der Waals surface area contributed by atoms with Gasteiger partial charge in [0.25, 0.3) is 5.56 Å². The summed E-state index contributed by atoms with van der Waals surface area (Å²) in [6.45, 7) is 5.33. The molecule has 0 saturated carbocycles. The summed E-state index contributed by atoms with van der Waals surface area (Å²) in [4.78, 5) is 29.2. The minimum absolute atomic E-state index is 0.152. The summed E-state index contributed by atoms with van der Waals surface area (Å²) in [5.41, 5.74) is 0.0140. The SMILES string of the molecule is CCOC(=O)C(C)(C)Oc1ccc(-c2nc3cc(Cl)ccc3c(=O)n2C)cc1. The van der Waals surface area contributed by atoms with Gasteiger partial charge in [-0.2, -0.15) is 0 Å². The molecule has 0 saturated heterocycles. The number of carbonyl (C=O) groups is 1. The van der Waals surface area contributed by atoms with Crippen molar-refractivity contribution < 1.29 is 14.3 Å². The molecule has 0 aliphatic rings. The van der Waals surface area contributed by atoms with Gasteiger partial charge < -0.3 is 9.47 Å². The maximum absolute atomic E-state index is 12.6. The Morgan fingerprint density at radius 3 is 2.50 bits per heavy atom. The molecule has 0 fully saturated rings. The molecule has 146 valence electrons. The van der Waals surface area contributed by atoms with Gasteiger partial charge in [0.05, 0.1) is 17.5 Å². The van der Waals surface area contributed by atoms with Gasteiger partial charge in [0.15, 0.2) is 5.60 Å². The maximum Gasteiger partial charge on any atom is 0.349 e. The van der Waals surface area contributed by atoms with Crippen molar-refractivity contribution in [1.82, 2.24) is 9.55 Å². The highest BCUT2D eigenvalue weighted by Gasteiger charge is 2.31. The number of benzene rings is 2. The van der Waals surface area contributed by atoms with Gasteiger partial charge in [-0.1, -0.05) is 11.6 Å². The van der Waals surface area contributed by atoms with E-state index >= 15 is 0 Å². The van der Waals surface area contributed by atoms with Crippen molar-refractivity contribution >= 4 is 28.5 Å². The Bertz CT molecular complexity index is 1090. The van der Waals surface area contributed by atoms with Crippen molar-refractivity contribution in [3.63, 3.8) is 0 Å². The van der Waals surface area contributed by atoms with Crippen LogP contribution in [-0.2, 0) is 16.6 Å². The zero-order valence-electron chi connectivity index (χ0n) is 16.2. The second kappa shape index (κ2) is 7.64. The summed E-state index contributed by atoms with van der Waals surface area (Å²) in [6, 6.07) is 12.0. The Morgan fingerprint density at radius 1 is 1.18 bits per heavy atom. The van der Waals surface area contributed by atoms with Crippen LogP contribution in [0, 0.1) is 0 Å². The fourth-order valence-corrected chi connectivity index (χ4v) is 2.98. The number of hydrogen-bond donors (Lipinski definition) is 0. The molecule has 0 unspecified atom stereocenters. The summed E-state index contributed by atoms with van der Waals surface area (Å²) in [5, 5.41) is 1.02. The number of rotatable bonds is 5. The topological polar surface area (TPSA) is 70.4 Å². The van der Waals surface area contributed by atoms with E-state index in [-0.39, 0.29) is 12.2 Å². The predicted octanol–water partition coefficient (Wildman–Crippen LogP) is 3.97. The third-order valence-electron chi connectivity index (χ3n) is 4.29. The minimum atomic E-state index is -1.11. The standard InChI is InChI=1S/C21H21ClN2O4/c1-5-27-20(26)21(2,3)28-15-9-6-13(7-10-15)18-23-17-12-14(22)8-11-16(17)19(25)24(18)4/h6-12H,5H2,1-4H3. The number of aromatic nitrogens is 2. The fraction of sp³-hybridized carbons (Fsp3) is 0.286. The molecular weight excluding hydrogens is 380 g/mol. The number of nitrogens with zero attached hydrogens (tertiary/aromatic N) is 2. The van der Waals surface area contributed by atoms with Gasteiger partial charge in [0.2, 0.25) is 0 Å². The van der Waals surface area contributed by atoms with E-state index in [9.17, 15) is 9.59 Å². The molecule has 0 bridgehead atoms. The molecular formula is C21H21ClN2O4. The lowest BCUT2D eigenvalue weighted by molar-refractivity contribution is -0.158. The summed E-state index contributed by atoms with van der Waals surface area (Å²) >= 11 is 6.04. The third-order valence-corrected chi connectivity index (χ3v) is 4.53. The highest BCUT2D eigenvalue weighted by Crippen LogP contribution is 2.25. The van der Waals surface area contributed by atoms with E-state index in [1.807, 2.05) is 0 Å². The van der Waals surface area contributed by atoms with E-state index in [2.05, 4.69) is 4.98 Å². The number of carbonyl (C=O) groups excluding carboxylic acids is 1. The molecule has 7 heteroatoms. The van der Waals surface area contributed by atoms with E-state index in [1.165, 1.54) is 4.57 Å². The van der Waals surface area contributed by atoms with Crippen LogP contribution in [0.15, 0.2) is 47.3 Å². The lowest BCUT2D eigenvalue weighted by atomic mass is 10.1. The number of fused-ring (bicyclic) bond motifs is 1. The highest BCUT2D eigenvalue weighted by molar-refractivity contribution is 6.31. The van der Waals surface area contributed by atoms with Crippen molar-refractivity contribution in [2.24, 2.45) is 7.05 Å². The minimum Gasteiger partial charge on any atom is -0.476 e. The Labute approximate surface area is 167 Å². The van der Waals surface area contributed by atoms with Crippen molar-refractivity contribution in [3.8, 4) is 17.1 Å². The van der Waals surface area contributed by atoms with E-state index in [0.717, 1.165) is 5.56 Å². The second-order valence-corrected chi connectivity index (χ2v) is 7.25. The van der Waals surface area contributed by atoms with Gasteiger partial charge in [-0.3, -0.25) is 9.36 Å². The average Bonchev–Trinajstić information content (AvgIpc) is 2.65. The summed E-state index contributed by atoms with van der Waals surface area (Å²) < 4.78 is 12.3. The molecule has 6 nitrogen and oxygen atoms in total. The van der Waals surface area contributed by atoms with Crippen molar-refractivity contribution in [2.45, 2.75) is 26.4 Å². The zero-order chi connectivity index (χ0) is 20.5. The van der Waals surface area contributed by atoms with E-state index in [4.69, 9.17) is 21.1 Å². The molecule has 2 aromatic carbocycles. The van der Waals surface area contributed by atoms with Gasteiger partial charge in [-0.05, 0) is 63.2 Å². The quantitative estimate of drug-likeness (QED) is 0.606. The molecule has 3 rings (SSSR count).